The first-order valence-electron chi connectivity index (χ1n) is 14.0. The highest BCUT2D eigenvalue weighted by Crippen LogP contribution is 2.41. The largest absolute Gasteiger partial charge is 0.495 e. The van der Waals surface area contributed by atoms with E-state index in [4.69, 9.17) is 4.74 Å². The number of benzene rings is 4. The smallest absolute Gasteiger partial charge is 0.266 e. The van der Waals surface area contributed by atoms with Gasteiger partial charge in [0.1, 0.15) is 17.5 Å². The Morgan fingerprint density at radius 1 is 0.818 bits per heavy atom. The molecule has 4 aromatic carbocycles. The fraction of sp³-hybridized carbons (Fsp3) is 0.0857. The molecule has 2 aliphatic carbocycles. The summed E-state index contributed by atoms with van der Waals surface area (Å²) in [7, 11) is 1.46. The number of anilines is 1. The molecule has 44 heavy (non-hydrogen) atoms. The van der Waals surface area contributed by atoms with Crippen LogP contribution in [0.1, 0.15) is 65.2 Å². The zero-order valence-corrected chi connectivity index (χ0v) is 23.2. The fourth-order valence-corrected chi connectivity index (χ4v) is 6.29. The van der Waals surface area contributed by atoms with Gasteiger partial charge in [-0.05, 0) is 64.7 Å². The molecular weight excluding hydrogens is 558 g/mol. The minimum atomic E-state index is -1.40. The molecule has 9 nitrogen and oxygen atoms in total. The summed E-state index contributed by atoms with van der Waals surface area (Å²) in [6, 6.07) is 18.8. The Labute approximate surface area is 249 Å². The number of carbonyl (C=O) groups is 4. The number of carbonyl (C=O) groups excluding carboxylic acids is 4. The predicted molar refractivity (Wildman–Crippen MR) is 164 cm³/mol. The van der Waals surface area contributed by atoms with Gasteiger partial charge in [-0.1, -0.05) is 48.6 Å². The van der Waals surface area contributed by atoms with E-state index >= 15 is 0 Å². The average molecular weight is 580 g/mol. The van der Waals surface area contributed by atoms with E-state index in [2.05, 4.69) is 16.0 Å². The van der Waals surface area contributed by atoms with Crippen molar-refractivity contribution in [2.75, 3.05) is 12.0 Å². The topological polar surface area (TPSA) is 126 Å². The number of nitrogens with one attached hydrogen (secondary N) is 1. The van der Waals surface area contributed by atoms with Crippen molar-refractivity contribution in [3.05, 3.63) is 129 Å². The van der Waals surface area contributed by atoms with Gasteiger partial charge in [0, 0.05) is 11.1 Å². The molecule has 0 bridgehead atoms. The molecule has 3 aliphatic rings. The standard InChI is InChI=1S/C35H21N3O6/c1-44-28-14-20(17-6-2-3-7-17)10-11-27(28)38-34(42)23-15-21-22(16-24(23)35(38)43)31(40)29(30(21)39)32-36-26-13-19-9-5-4-8-18(19)12-25(26)33(41)37-32/h2,4-16,29H,3H2,1H3,(H,36,37,41). The molecule has 1 aliphatic heterocycles. The van der Waals surface area contributed by atoms with E-state index in [1.54, 1.807) is 30.3 Å². The van der Waals surface area contributed by atoms with Gasteiger partial charge < -0.3 is 9.72 Å². The Morgan fingerprint density at radius 3 is 2.14 bits per heavy atom. The van der Waals surface area contributed by atoms with Crippen LogP contribution in [0.15, 0.2) is 89.8 Å². The first-order chi connectivity index (χ1) is 21.3. The number of allylic oxidation sites excluding steroid dienone is 4. The van der Waals surface area contributed by atoms with Crippen LogP contribution < -0.4 is 15.2 Å². The van der Waals surface area contributed by atoms with Gasteiger partial charge in [0.25, 0.3) is 17.4 Å². The molecule has 2 amide bonds. The number of amides is 2. The number of hydrogen-bond donors (Lipinski definition) is 1. The van der Waals surface area contributed by atoms with Crippen LogP contribution in [0.5, 0.6) is 5.75 Å². The number of methoxy groups -OCH3 is 1. The molecule has 8 rings (SSSR count). The fourth-order valence-electron chi connectivity index (χ4n) is 6.29. The quantitative estimate of drug-likeness (QED) is 0.172. The van der Waals surface area contributed by atoms with E-state index in [9.17, 15) is 24.0 Å². The summed E-state index contributed by atoms with van der Waals surface area (Å²) in [6.45, 7) is 0. The van der Waals surface area contributed by atoms with Crippen molar-refractivity contribution in [1.82, 2.24) is 9.97 Å². The number of aromatic amines is 1. The zero-order valence-electron chi connectivity index (χ0n) is 23.2. The van der Waals surface area contributed by atoms with Crippen LogP contribution in [0.2, 0.25) is 0 Å². The maximum Gasteiger partial charge on any atom is 0.266 e. The van der Waals surface area contributed by atoms with Crippen molar-refractivity contribution >= 4 is 56.3 Å². The van der Waals surface area contributed by atoms with E-state index in [0.29, 0.717) is 16.7 Å². The molecule has 0 fully saturated rings. The molecule has 9 heteroatoms. The minimum absolute atomic E-state index is 0.00489. The van der Waals surface area contributed by atoms with Crippen molar-refractivity contribution < 1.29 is 23.9 Å². The monoisotopic (exact) mass is 579 g/mol. The molecule has 0 unspecified atom stereocenters. The Balaban J connectivity index is 1.17. The summed E-state index contributed by atoms with van der Waals surface area (Å²) in [5.41, 5.74) is 2.05. The molecule has 1 N–H and O–H groups in total. The Hall–Kier alpha value is -5.96. The third kappa shape index (κ3) is 3.59. The van der Waals surface area contributed by atoms with Crippen molar-refractivity contribution in [2.24, 2.45) is 0 Å². The summed E-state index contributed by atoms with van der Waals surface area (Å²) in [4.78, 5) is 75.7. The van der Waals surface area contributed by atoms with Crippen molar-refractivity contribution in [3.8, 4) is 5.75 Å². The highest BCUT2D eigenvalue weighted by Gasteiger charge is 2.46. The number of nitrogens with zero attached hydrogens (tertiary/aromatic N) is 2. The lowest BCUT2D eigenvalue weighted by Crippen LogP contribution is -2.29. The van der Waals surface area contributed by atoms with E-state index in [0.717, 1.165) is 33.2 Å². The van der Waals surface area contributed by atoms with Gasteiger partial charge in [-0.2, -0.15) is 0 Å². The SMILES string of the molecule is COc1cc(C2=CCC=C2)ccc1N1C(=O)c2cc3c(cc2C1=O)C(=O)C(c1nc2cc4ccccc4cc2c(=O)[nH]1)C3=O. The van der Waals surface area contributed by atoms with Crippen molar-refractivity contribution in [2.45, 2.75) is 12.3 Å². The minimum Gasteiger partial charge on any atom is -0.495 e. The highest BCUT2D eigenvalue weighted by atomic mass is 16.5. The molecule has 2 heterocycles. The molecule has 0 radical (unpaired) electrons. The van der Waals surface area contributed by atoms with Gasteiger partial charge in [-0.25, -0.2) is 9.88 Å². The molecule has 5 aromatic rings. The van der Waals surface area contributed by atoms with Crippen LogP contribution in [-0.4, -0.2) is 40.5 Å². The number of ether oxygens (including phenoxy) is 1. The van der Waals surface area contributed by atoms with Gasteiger partial charge in [0.15, 0.2) is 11.6 Å². The highest BCUT2D eigenvalue weighted by molar-refractivity contribution is 6.37. The lowest BCUT2D eigenvalue weighted by molar-refractivity contribution is 0.0882. The zero-order chi connectivity index (χ0) is 30.3. The van der Waals surface area contributed by atoms with Crippen LogP contribution >= 0.6 is 0 Å². The van der Waals surface area contributed by atoms with E-state index < -0.39 is 34.9 Å². The number of Topliss-reactive ketones (excluding diaryl/α,β-unsaturated/α-hetero) is 2. The van der Waals surface area contributed by atoms with E-state index in [1.807, 2.05) is 36.4 Å². The van der Waals surface area contributed by atoms with Gasteiger partial charge >= 0.3 is 0 Å². The normalized spacial score (nSPS) is 15.9. The molecule has 0 atom stereocenters. The average Bonchev–Trinajstić information content (AvgIpc) is 3.72. The number of hydrogen-bond acceptors (Lipinski definition) is 7. The predicted octanol–water partition coefficient (Wildman–Crippen LogP) is 5.39. The van der Waals surface area contributed by atoms with Gasteiger partial charge in [-0.3, -0.25) is 24.0 Å². The van der Waals surface area contributed by atoms with Gasteiger partial charge in [0.05, 0.1) is 34.8 Å². The number of fused-ring (bicyclic) bond motifs is 4. The van der Waals surface area contributed by atoms with Crippen LogP contribution in [0.25, 0.3) is 27.2 Å². The van der Waals surface area contributed by atoms with Crippen LogP contribution in [0, 0.1) is 0 Å². The van der Waals surface area contributed by atoms with Gasteiger partial charge in [-0.15, -0.1) is 0 Å². The molecule has 0 spiro atoms. The van der Waals surface area contributed by atoms with E-state index in [1.165, 1.54) is 19.2 Å². The second-order valence-corrected chi connectivity index (χ2v) is 10.9. The van der Waals surface area contributed by atoms with Crippen LogP contribution in [-0.2, 0) is 0 Å². The number of aromatic nitrogens is 2. The molecule has 0 saturated heterocycles. The lowest BCUT2D eigenvalue weighted by Gasteiger charge is -2.18. The first-order valence-corrected chi connectivity index (χ1v) is 14.0. The third-order valence-corrected chi connectivity index (χ3v) is 8.47. The lowest BCUT2D eigenvalue weighted by atomic mass is 10.0. The Morgan fingerprint density at radius 2 is 1.50 bits per heavy atom. The van der Waals surface area contributed by atoms with Crippen molar-refractivity contribution in [1.29, 1.82) is 0 Å². The molecule has 212 valence electrons. The summed E-state index contributed by atoms with van der Waals surface area (Å²) in [5, 5.41) is 2.04. The summed E-state index contributed by atoms with van der Waals surface area (Å²) in [6.07, 6.45) is 6.90. The summed E-state index contributed by atoms with van der Waals surface area (Å²) < 4.78 is 5.55. The summed E-state index contributed by atoms with van der Waals surface area (Å²) in [5.74, 6) is -3.62. The maximum absolute atomic E-state index is 13.6. The Kier molecular flexibility index (Phi) is 5.42. The van der Waals surface area contributed by atoms with Crippen LogP contribution in [0.3, 0.4) is 0 Å². The number of ketones is 2. The second-order valence-electron chi connectivity index (χ2n) is 10.9. The first kappa shape index (κ1) is 25.7. The third-order valence-electron chi connectivity index (χ3n) is 8.47. The van der Waals surface area contributed by atoms with Gasteiger partial charge in [0.2, 0.25) is 0 Å². The number of imide groups is 1. The summed E-state index contributed by atoms with van der Waals surface area (Å²) >= 11 is 0. The number of rotatable bonds is 4. The number of H-pyrrole nitrogens is 1. The molecule has 1 aromatic heterocycles. The van der Waals surface area contributed by atoms with Crippen molar-refractivity contribution in [3.63, 3.8) is 0 Å². The molecule has 0 saturated carbocycles. The van der Waals surface area contributed by atoms with E-state index in [-0.39, 0.29) is 33.8 Å². The molecular formula is C35H21N3O6. The van der Waals surface area contributed by atoms with Crippen LogP contribution in [0.4, 0.5) is 5.69 Å². The Bertz CT molecular complexity index is 2260. The maximum atomic E-state index is 13.6. The second kappa shape index (κ2) is 9.27.